The summed E-state index contributed by atoms with van der Waals surface area (Å²) in [5.74, 6) is -0.995. The molecule has 0 radical (unpaired) electrons. The van der Waals surface area contributed by atoms with E-state index in [0.29, 0.717) is 16.7 Å². The average Bonchev–Trinajstić information content (AvgIpc) is 3.10. The number of hydrogen-bond acceptors (Lipinski definition) is 5. The maximum Gasteiger partial charge on any atom is 0.339 e. The molecule has 2 N–H and O–H groups in total. The van der Waals surface area contributed by atoms with Crippen molar-refractivity contribution in [3.63, 3.8) is 0 Å². The molecule has 2 heterocycles. The molecule has 7 nitrogen and oxygen atoms in total. The Bertz CT molecular complexity index is 1450. The lowest BCUT2D eigenvalue weighted by molar-refractivity contribution is -0.143. The first-order valence-corrected chi connectivity index (χ1v) is 11.2. The molecule has 0 saturated heterocycles. The molecule has 2 aromatic carbocycles. The van der Waals surface area contributed by atoms with Crippen LogP contribution in [0.25, 0.3) is 33.1 Å². The van der Waals surface area contributed by atoms with Gasteiger partial charge in [0.25, 0.3) is 0 Å². The number of hydrogen-bond donors (Lipinski definition) is 2. The van der Waals surface area contributed by atoms with Crippen LogP contribution in [0.3, 0.4) is 0 Å². The van der Waals surface area contributed by atoms with Crippen molar-refractivity contribution in [1.82, 2.24) is 5.32 Å². The van der Waals surface area contributed by atoms with Gasteiger partial charge in [0, 0.05) is 34.4 Å². The summed E-state index contributed by atoms with van der Waals surface area (Å²) in [6.45, 7) is 7.19. The first-order valence-electron chi connectivity index (χ1n) is 11.2. The smallest absolute Gasteiger partial charge is 0.339 e. The number of fused-ring (bicyclic) bond motifs is 2. The number of rotatable bonds is 7. The van der Waals surface area contributed by atoms with Gasteiger partial charge in [-0.25, -0.2) is 9.59 Å². The fourth-order valence-corrected chi connectivity index (χ4v) is 4.35. The zero-order chi connectivity index (χ0) is 24.6. The summed E-state index contributed by atoms with van der Waals surface area (Å²) in [4.78, 5) is 36.5. The van der Waals surface area contributed by atoms with Crippen LogP contribution in [0.1, 0.15) is 37.2 Å². The number of amides is 1. The van der Waals surface area contributed by atoms with Gasteiger partial charge in [0.1, 0.15) is 23.0 Å². The van der Waals surface area contributed by atoms with Gasteiger partial charge in [0.15, 0.2) is 0 Å². The van der Waals surface area contributed by atoms with Crippen LogP contribution in [-0.2, 0) is 16.0 Å². The first-order chi connectivity index (χ1) is 16.2. The van der Waals surface area contributed by atoms with E-state index in [1.165, 1.54) is 0 Å². The SMILES string of the molecule is Cc1oc2cc3oc(=O)c(CCC(=O)N[C@H](C(=O)O)C(C)C)c(C)c3cc2c1-c1ccccc1. The van der Waals surface area contributed by atoms with Crippen LogP contribution in [0.15, 0.2) is 56.1 Å². The lowest BCUT2D eigenvalue weighted by Crippen LogP contribution is -2.44. The minimum atomic E-state index is -1.08. The third-order valence-corrected chi connectivity index (χ3v) is 6.19. The van der Waals surface area contributed by atoms with E-state index in [-0.39, 0.29) is 18.8 Å². The molecule has 0 aliphatic heterocycles. The minimum absolute atomic E-state index is 0.0179. The summed E-state index contributed by atoms with van der Waals surface area (Å²) >= 11 is 0. The van der Waals surface area contributed by atoms with E-state index in [2.05, 4.69) is 5.32 Å². The Balaban J connectivity index is 1.70. The Morgan fingerprint density at radius 2 is 1.68 bits per heavy atom. The Morgan fingerprint density at radius 3 is 2.32 bits per heavy atom. The van der Waals surface area contributed by atoms with E-state index in [0.717, 1.165) is 33.2 Å². The average molecular weight is 462 g/mol. The van der Waals surface area contributed by atoms with Crippen molar-refractivity contribution >= 4 is 33.8 Å². The fraction of sp³-hybridized carbons (Fsp3) is 0.296. The van der Waals surface area contributed by atoms with Gasteiger partial charge in [-0.3, -0.25) is 4.79 Å². The van der Waals surface area contributed by atoms with Crippen LogP contribution in [0.5, 0.6) is 0 Å². The predicted octanol–water partition coefficient (Wildman–Crippen LogP) is 4.98. The van der Waals surface area contributed by atoms with Gasteiger partial charge in [-0.05, 0) is 43.4 Å². The molecule has 0 aliphatic carbocycles. The van der Waals surface area contributed by atoms with Crippen molar-refractivity contribution in [2.24, 2.45) is 5.92 Å². The molecule has 4 aromatic rings. The molecular weight excluding hydrogens is 434 g/mol. The van der Waals surface area contributed by atoms with E-state index in [1.807, 2.05) is 50.2 Å². The maximum absolute atomic E-state index is 12.7. The molecule has 0 aliphatic rings. The lowest BCUT2D eigenvalue weighted by Gasteiger charge is -2.17. The van der Waals surface area contributed by atoms with Gasteiger partial charge < -0.3 is 19.3 Å². The number of furan rings is 1. The Hall–Kier alpha value is -3.87. The van der Waals surface area contributed by atoms with Crippen molar-refractivity contribution in [2.75, 3.05) is 0 Å². The van der Waals surface area contributed by atoms with Crippen LogP contribution < -0.4 is 10.9 Å². The molecule has 4 rings (SSSR count). The number of carboxylic acids is 1. The van der Waals surface area contributed by atoms with Crippen molar-refractivity contribution < 1.29 is 23.5 Å². The number of nitrogens with one attached hydrogen (secondary N) is 1. The van der Waals surface area contributed by atoms with Crippen LogP contribution in [0.4, 0.5) is 0 Å². The topological polar surface area (TPSA) is 110 Å². The van der Waals surface area contributed by atoms with Gasteiger partial charge in [0.05, 0.1) is 0 Å². The van der Waals surface area contributed by atoms with Crippen LogP contribution in [-0.4, -0.2) is 23.0 Å². The molecule has 0 unspecified atom stereocenters. The third-order valence-electron chi connectivity index (χ3n) is 6.19. The van der Waals surface area contributed by atoms with E-state index in [1.54, 1.807) is 19.9 Å². The highest BCUT2D eigenvalue weighted by Gasteiger charge is 2.24. The number of carbonyl (C=O) groups is 2. The number of carbonyl (C=O) groups excluding carboxylic acids is 1. The van der Waals surface area contributed by atoms with E-state index < -0.39 is 23.5 Å². The van der Waals surface area contributed by atoms with Gasteiger partial charge in [-0.15, -0.1) is 0 Å². The third kappa shape index (κ3) is 4.33. The summed E-state index contributed by atoms with van der Waals surface area (Å²) in [5, 5.41) is 13.5. The Kier molecular flexibility index (Phi) is 6.28. The standard InChI is InChI=1S/C27H27NO6/c1-14(2)25(26(30)31)28-23(29)11-10-18-15(3)19-12-20-22(13-21(19)34-27(18)32)33-16(4)24(20)17-8-6-5-7-9-17/h5-9,12-14,25H,10-11H2,1-4H3,(H,28,29)(H,30,31)/t25-/m0/s1. The number of benzene rings is 2. The summed E-state index contributed by atoms with van der Waals surface area (Å²) in [7, 11) is 0. The van der Waals surface area contributed by atoms with Crippen molar-refractivity contribution in [2.45, 2.75) is 46.6 Å². The van der Waals surface area contributed by atoms with Gasteiger partial charge in [-0.1, -0.05) is 44.2 Å². The zero-order valence-corrected chi connectivity index (χ0v) is 19.6. The first kappa shape index (κ1) is 23.3. The summed E-state index contributed by atoms with van der Waals surface area (Å²) in [6, 6.07) is 12.6. The second-order valence-corrected chi connectivity index (χ2v) is 8.86. The molecule has 0 bridgehead atoms. The molecule has 1 atom stereocenters. The Morgan fingerprint density at radius 1 is 1.00 bits per heavy atom. The molecule has 176 valence electrons. The monoisotopic (exact) mass is 461 g/mol. The van der Waals surface area contributed by atoms with Crippen molar-refractivity contribution in [3.8, 4) is 11.1 Å². The second-order valence-electron chi connectivity index (χ2n) is 8.86. The number of carboxylic acid groups (broad SMARTS) is 1. The van der Waals surface area contributed by atoms with Crippen LogP contribution in [0, 0.1) is 19.8 Å². The van der Waals surface area contributed by atoms with E-state index in [9.17, 15) is 19.5 Å². The zero-order valence-electron chi connectivity index (χ0n) is 19.6. The summed E-state index contributed by atoms with van der Waals surface area (Å²) in [5.41, 5.74) is 3.69. The molecule has 34 heavy (non-hydrogen) atoms. The van der Waals surface area contributed by atoms with Crippen molar-refractivity contribution in [1.29, 1.82) is 0 Å². The fourth-order valence-electron chi connectivity index (χ4n) is 4.35. The second kappa shape index (κ2) is 9.17. The predicted molar refractivity (Wildman–Crippen MR) is 130 cm³/mol. The van der Waals surface area contributed by atoms with Gasteiger partial charge in [-0.2, -0.15) is 0 Å². The molecular formula is C27H27NO6. The normalized spacial score (nSPS) is 12.4. The lowest BCUT2D eigenvalue weighted by atomic mass is 9.98. The summed E-state index contributed by atoms with van der Waals surface area (Å²) in [6.07, 6.45) is 0.129. The van der Waals surface area contributed by atoms with Crippen molar-refractivity contribution in [3.05, 3.63) is 69.8 Å². The van der Waals surface area contributed by atoms with Crippen LogP contribution in [0.2, 0.25) is 0 Å². The van der Waals surface area contributed by atoms with E-state index in [4.69, 9.17) is 8.83 Å². The maximum atomic E-state index is 12.7. The van der Waals surface area contributed by atoms with Gasteiger partial charge >= 0.3 is 11.6 Å². The molecule has 0 saturated carbocycles. The molecule has 7 heteroatoms. The number of aryl methyl sites for hydroxylation is 2. The number of aliphatic carboxylic acids is 1. The highest BCUT2D eigenvalue weighted by atomic mass is 16.4. The van der Waals surface area contributed by atoms with Crippen LogP contribution >= 0.6 is 0 Å². The van der Waals surface area contributed by atoms with Gasteiger partial charge in [0.2, 0.25) is 5.91 Å². The van der Waals surface area contributed by atoms with E-state index >= 15 is 0 Å². The molecule has 2 aromatic heterocycles. The molecule has 0 fully saturated rings. The summed E-state index contributed by atoms with van der Waals surface area (Å²) < 4.78 is 11.5. The highest BCUT2D eigenvalue weighted by molar-refractivity contribution is 6.03. The molecule has 0 spiro atoms. The minimum Gasteiger partial charge on any atom is -0.480 e. The molecule has 1 amide bonds. The quantitative estimate of drug-likeness (QED) is 0.376. The highest BCUT2D eigenvalue weighted by Crippen LogP contribution is 2.37. The largest absolute Gasteiger partial charge is 0.480 e. The Labute approximate surface area is 196 Å².